The van der Waals surface area contributed by atoms with Gasteiger partial charge in [0.1, 0.15) is 6.33 Å². The van der Waals surface area contributed by atoms with Crippen LogP contribution >= 0.6 is 11.6 Å². The van der Waals surface area contributed by atoms with E-state index in [-0.39, 0.29) is 23.4 Å². The number of carboxylic acids is 1. The normalized spacial score (nSPS) is 14.8. The number of tetrazole rings is 1. The first kappa shape index (κ1) is 27.8. The third-order valence-electron chi connectivity index (χ3n) is 6.71. The molecule has 2 aromatic carbocycles. The van der Waals surface area contributed by atoms with Gasteiger partial charge in [-0.3, -0.25) is 9.59 Å². The maximum absolute atomic E-state index is 13.0. The summed E-state index contributed by atoms with van der Waals surface area (Å²) in [5.74, 6) is -0.826. The minimum absolute atomic E-state index is 0.0805. The molecule has 204 valence electrons. The maximum Gasteiger partial charge on any atom is 0.335 e. The Hall–Kier alpha value is -4.25. The van der Waals surface area contributed by atoms with Crippen molar-refractivity contribution in [1.82, 2.24) is 30.4 Å². The second-order valence-corrected chi connectivity index (χ2v) is 9.88. The molecule has 1 atom stereocenters. The van der Waals surface area contributed by atoms with Gasteiger partial charge < -0.3 is 20.6 Å². The lowest BCUT2D eigenvalue weighted by atomic mass is 9.90. The predicted octanol–water partition coefficient (Wildman–Crippen LogP) is 3.27. The molecule has 1 aromatic heterocycles. The largest absolute Gasteiger partial charge is 0.478 e. The van der Waals surface area contributed by atoms with Gasteiger partial charge in [0.05, 0.1) is 11.3 Å². The van der Waals surface area contributed by atoms with Crippen LogP contribution in [0.4, 0.5) is 5.69 Å². The van der Waals surface area contributed by atoms with Crippen molar-refractivity contribution in [2.45, 2.75) is 32.2 Å². The van der Waals surface area contributed by atoms with E-state index in [1.54, 1.807) is 43.3 Å². The first-order valence-electron chi connectivity index (χ1n) is 12.6. The third-order valence-corrected chi connectivity index (χ3v) is 6.94. The molecular weight excluding hydrogens is 522 g/mol. The van der Waals surface area contributed by atoms with Gasteiger partial charge in [0.25, 0.3) is 0 Å². The zero-order valence-corrected chi connectivity index (χ0v) is 22.2. The maximum atomic E-state index is 13.0. The molecule has 0 radical (unpaired) electrons. The highest BCUT2D eigenvalue weighted by Crippen LogP contribution is 2.23. The van der Waals surface area contributed by atoms with Gasteiger partial charge in [-0.1, -0.05) is 11.6 Å². The lowest BCUT2D eigenvalue weighted by molar-refractivity contribution is -0.130. The SMILES string of the molecule is CC(=O)N1CCC(C[C@@H](CNc2ccc(C(=O)O)cc2)NC(=O)/C=C/c2cc(Cl)ccc2-n2cnnn2)CC1. The molecule has 1 aliphatic heterocycles. The van der Waals surface area contributed by atoms with Gasteiger partial charge in [0.15, 0.2) is 0 Å². The number of benzene rings is 2. The van der Waals surface area contributed by atoms with Crippen LogP contribution in [0.5, 0.6) is 0 Å². The van der Waals surface area contributed by atoms with Crippen molar-refractivity contribution >= 4 is 41.1 Å². The summed E-state index contributed by atoms with van der Waals surface area (Å²) in [6.45, 7) is 3.45. The fourth-order valence-electron chi connectivity index (χ4n) is 4.60. The number of carbonyl (C=O) groups excluding carboxylic acids is 2. The summed E-state index contributed by atoms with van der Waals surface area (Å²) in [5, 5.41) is 27.3. The third kappa shape index (κ3) is 7.87. The van der Waals surface area contributed by atoms with Crippen LogP contribution in [0.25, 0.3) is 11.8 Å². The molecular formula is C27H30ClN7O4. The first-order chi connectivity index (χ1) is 18.8. The van der Waals surface area contributed by atoms with E-state index in [1.165, 1.54) is 29.2 Å². The molecule has 3 aromatic rings. The number of aromatic carboxylic acids is 1. The summed E-state index contributed by atoms with van der Waals surface area (Å²) >= 11 is 6.18. The molecule has 11 nitrogen and oxygen atoms in total. The Morgan fingerprint density at radius 1 is 1.15 bits per heavy atom. The summed E-state index contributed by atoms with van der Waals surface area (Å²) in [6, 6.07) is 11.5. The van der Waals surface area contributed by atoms with E-state index in [0.29, 0.717) is 41.8 Å². The highest BCUT2D eigenvalue weighted by atomic mass is 35.5. The van der Waals surface area contributed by atoms with Crippen molar-refractivity contribution in [2.75, 3.05) is 25.0 Å². The lowest BCUT2D eigenvalue weighted by Gasteiger charge is -2.33. The number of rotatable bonds is 10. The van der Waals surface area contributed by atoms with E-state index in [2.05, 4.69) is 26.2 Å². The number of halogens is 1. The molecule has 2 amide bonds. The van der Waals surface area contributed by atoms with Crippen LogP contribution < -0.4 is 10.6 Å². The molecule has 0 bridgehead atoms. The molecule has 1 aliphatic rings. The molecule has 12 heteroatoms. The van der Waals surface area contributed by atoms with Crippen molar-refractivity contribution in [3.63, 3.8) is 0 Å². The van der Waals surface area contributed by atoms with Crippen molar-refractivity contribution in [3.05, 3.63) is 71.0 Å². The number of hydrogen-bond donors (Lipinski definition) is 3. The van der Waals surface area contributed by atoms with E-state index < -0.39 is 5.97 Å². The van der Waals surface area contributed by atoms with Crippen LogP contribution in [0.15, 0.2) is 54.9 Å². The number of amides is 2. The highest BCUT2D eigenvalue weighted by molar-refractivity contribution is 6.30. The first-order valence-corrected chi connectivity index (χ1v) is 13.0. The smallest absolute Gasteiger partial charge is 0.335 e. The predicted molar refractivity (Wildman–Crippen MR) is 147 cm³/mol. The minimum Gasteiger partial charge on any atom is -0.478 e. The van der Waals surface area contributed by atoms with Crippen LogP contribution in [-0.2, 0) is 9.59 Å². The molecule has 3 N–H and O–H groups in total. The summed E-state index contributed by atoms with van der Waals surface area (Å²) in [7, 11) is 0. The highest BCUT2D eigenvalue weighted by Gasteiger charge is 2.24. The van der Waals surface area contributed by atoms with Crippen LogP contribution in [-0.4, -0.2) is 73.7 Å². The summed E-state index contributed by atoms with van der Waals surface area (Å²) in [4.78, 5) is 37.7. The second kappa shape index (κ2) is 13.0. The lowest BCUT2D eigenvalue weighted by Crippen LogP contribution is -2.43. The number of piperidine rings is 1. The van der Waals surface area contributed by atoms with Crippen molar-refractivity contribution in [3.8, 4) is 5.69 Å². The van der Waals surface area contributed by atoms with Gasteiger partial charge in [0, 0.05) is 54.9 Å². The molecule has 0 saturated carbocycles. The number of hydrogen-bond acceptors (Lipinski definition) is 7. The second-order valence-electron chi connectivity index (χ2n) is 9.44. The molecule has 2 heterocycles. The van der Waals surface area contributed by atoms with Crippen LogP contribution in [0.3, 0.4) is 0 Å². The van der Waals surface area contributed by atoms with Gasteiger partial charge in [0.2, 0.25) is 11.8 Å². The van der Waals surface area contributed by atoms with Gasteiger partial charge in [-0.2, -0.15) is 4.68 Å². The average Bonchev–Trinajstić information content (AvgIpc) is 3.46. The Bertz CT molecular complexity index is 1320. The van der Waals surface area contributed by atoms with Crippen molar-refractivity contribution < 1.29 is 19.5 Å². The fraction of sp³-hybridized carbons (Fsp3) is 0.333. The molecule has 39 heavy (non-hydrogen) atoms. The van der Waals surface area contributed by atoms with Crippen LogP contribution in [0.1, 0.15) is 42.1 Å². The van der Waals surface area contributed by atoms with E-state index in [9.17, 15) is 14.4 Å². The van der Waals surface area contributed by atoms with Gasteiger partial charge in [-0.15, -0.1) is 5.10 Å². The molecule has 0 spiro atoms. The standard InChI is InChI=1S/C27H30ClN7O4/c1-18(36)34-12-10-19(11-13-34)14-24(16-29-23-6-2-20(3-7-23)27(38)39)31-26(37)9-4-21-15-22(28)5-8-25(21)35-17-30-32-33-35/h2-9,15,17,19,24,29H,10-14,16H2,1H3,(H,31,37)(H,38,39)/b9-4+/t24-/m0/s1. The monoisotopic (exact) mass is 551 g/mol. The van der Waals surface area contributed by atoms with E-state index in [4.69, 9.17) is 16.7 Å². The number of anilines is 1. The van der Waals surface area contributed by atoms with E-state index in [0.717, 1.165) is 24.9 Å². The summed E-state index contributed by atoms with van der Waals surface area (Å²) < 4.78 is 1.49. The zero-order chi connectivity index (χ0) is 27.8. The number of carboxylic acid groups (broad SMARTS) is 1. The average molecular weight is 552 g/mol. The van der Waals surface area contributed by atoms with E-state index >= 15 is 0 Å². The minimum atomic E-state index is -0.988. The molecule has 1 saturated heterocycles. The van der Waals surface area contributed by atoms with Crippen LogP contribution in [0.2, 0.25) is 5.02 Å². The Morgan fingerprint density at radius 3 is 2.54 bits per heavy atom. The van der Waals surface area contributed by atoms with E-state index in [1.807, 2.05) is 4.90 Å². The Labute approximate surface area is 230 Å². The summed E-state index contributed by atoms with van der Waals surface area (Å²) in [5.41, 5.74) is 2.31. The molecule has 0 unspecified atom stereocenters. The molecule has 4 rings (SSSR count). The number of carbonyl (C=O) groups is 3. The number of nitrogens with one attached hydrogen (secondary N) is 2. The Balaban J connectivity index is 1.44. The number of aromatic nitrogens is 4. The van der Waals surface area contributed by atoms with Crippen molar-refractivity contribution in [1.29, 1.82) is 0 Å². The van der Waals surface area contributed by atoms with Gasteiger partial charge in [-0.25, -0.2) is 4.79 Å². The molecule has 0 aliphatic carbocycles. The van der Waals surface area contributed by atoms with Gasteiger partial charge in [-0.05, 0) is 84.1 Å². The molecule has 1 fully saturated rings. The van der Waals surface area contributed by atoms with Crippen LogP contribution in [0, 0.1) is 5.92 Å². The van der Waals surface area contributed by atoms with Crippen molar-refractivity contribution in [2.24, 2.45) is 5.92 Å². The Morgan fingerprint density at radius 2 is 1.90 bits per heavy atom. The Kier molecular flexibility index (Phi) is 9.27. The fourth-order valence-corrected chi connectivity index (χ4v) is 4.79. The zero-order valence-electron chi connectivity index (χ0n) is 21.5. The number of nitrogens with zero attached hydrogens (tertiary/aromatic N) is 5. The number of likely N-dealkylation sites (tertiary alicyclic amines) is 1. The quantitative estimate of drug-likeness (QED) is 0.326. The topological polar surface area (TPSA) is 142 Å². The van der Waals surface area contributed by atoms with Gasteiger partial charge >= 0.3 is 5.97 Å². The summed E-state index contributed by atoms with van der Waals surface area (Å²) in [6.07, 6.45) is 7.05.